The Hall–Kier alpha value is -3.24. The number of esters is 1. The average molecular weight is 404 g/mol. The predicted molar refractivity (Wildman–Crippen MR) is 115 cm³/mol. The number of carbonyl (C=O) groups excluding carboxylic acids is 1. The highest BCUT2D eigenvalue weighted by Gasteiger charge is 2.31. The molecule has 1 unspecified atom stereocenters. The molecule has 0 radical (unpaired) electrons. The second kappa shape index (κ2) is 7.30. The van der Waals surface area contributed by atoms with Crippen LogP contribution in [0.4, 0.5) is 0 Å². The molecule has 0 bridgehead atoms. The van der Waals surface area contributed by atoms with Gasteiger partial charge in [0.15, 0.2) is 0 Å². The maximum absolute atomic E-state index is 13.1. The van der Waals surface area contributed by atoms with Gasteiger partial charge in [0.05, 0.1) is 34.8 Å². The first kappa shape index (κ1) is 19.1. The number of carbonyl (C=O) groups is 1. The molecule has 7 heteroatoms. The van der Waals surface area contributed by atoms with Crippen molar-refractivity contribution in [3.63, 3.8) is 0 Å². The van der Waals surface area contributed by atoms with Crippen molar-refractivity contribution in [3.05, 3.63) is 64.6 Å². The normalized spacial score (nSPS) is 12.2. The molecule has 0 aliphatic heterocycles. The highest BCUT2D eigenvalue weighted by molar-refractivity contribution is 7.78. The molecule has 2 aromatic carbocycles. The zero-order valence-electron chi connectivity index (χ0n) is 16.4. The van der Waals surface area contributed by atoms with Gasteiger partial charge in [0.25, 0.3) is 0 Å². The molecule has 2 aromatic heterocycles. The predicted octanol–water partition coefficient (Wildman–Crippen LogP) is 4.39. The molecule has 0 fully saturated rings. The molecule has 29 heavy (non-hydrogen) atoms. The monoisotopic (exact) mass is 404 g/mol. The van der Waals surface area contributed by atoms with Crippen LogP contribution in [0.5, 0.6) is 0 Å². The van der Waals surface area contributed by atoms with Crippen LogP contribution in [0, 0.1) is 25.2 Å². The number of nitrogens with one attached hydrogen (secondary N) is 1. The molecule has 0 saturated heterocycles. The van der Waals surface area contributed by atoms with Crippen molar-refractivity contribution in [2.75, 3.05) is 6.61 Å². The quantitative estimate of drug-likeness (QED) is 0.390. The average Bonchev–Trinajstić information content (AvgIpc) is 3.27. The Bertz CT molecular complexity index is 1300. The molecule has 4 aromatic rings. The molecule has 4 rings (SSSR count). The van der Waals surface area contributed by atoms with Crippen LogP contribution in [0.25, 0.3) is 21.9 Å². The molecule has 2 heterocycles. The number of hydrogen-bond donors (Lipinski definition) is 2. The number of aromatic amines is 1. The summed E-state index contributed by atoms with van der Waals surface area (Å²) in [5.41, 5.74) is 5.77. The molecule has 0 aliphatic carbocycles. The van der Waals surface area contributed by atoms with E-state index in [0.717, 1.165) is 33.1 Å². The maximum Gasteiger partial charge on any atom is 0.321 e. The van der Waals surface area contributed by atoms with Crippen molar-refractivity contribution in [1.29, 1.82) is 5.26 Å². The summed E-state index contributed by atoms with van der Waals surface area (Å²) in [5.74, 6) is -0.590. The molecule has 1 atom stereocenters. The Morgan fingerprint density at radius 2 is 2.10 bits per heavy atom. The van der Waals surface area contributed by atoms with Crippen LogP contribution in [0.3, 0.4) is 0 Å². The van der Waals surface area contributed by atoms with E-state index in [1.807, 2.05) is 32.2 Å². The first-order valence-electron chi connectivity index (χ1n) is 9.31. The van der Waals surface area contributed by atoms with Crippen molar-refractivity contribution in [1.82, 2.24) is 13.9 Å². The Balaban J connectivity index is 1.99. The van der Waals surface area contributed by atoms with Crippen LogP contribution in [-0.2, 0) is 9.53 Å². The molecule has 0 saturated carbocycles. The molecular formula is C22H20N4O2S. The standard InChI is InChI=1S/C22H20N4O2S/c1-4-28-22(27)19(21-24-16-6-5-14(11-23)10-17(16)25-21)18-12(2)9-13(3)20-15(18)7-8-26(20)29/h5-10,19,29H,4H2,1-3H3,(H,24,25). The number of aromatic nitrogens is 3. The van der Waals surface area contributed by atoms with Gasteiger partial charge in [0.1, 0.15) is 11.7 Å². The maximum atomic E-state index is 13.1. The van der Waals surface area contributed by atoms with Gasteiger partial charge in [-0.1, -0.05) is 18.9 Å². The number of aryl methyl sites for hydroxylation is 2. The van der Waals surface area contributed by atoms with Crippen molar-refractivity contribution < 1.29 is 9.53 Å². The second-order valence-electron chi connectivity index (χ2n) is 7.00. The fourth-order valence-corrected chi connectivity index (χ4v) is 4.25. The summed E-state index contributed by atoms with van der Waals surface area (Å²) in [6, 6.07) is 11.4. The van der Waals surface area contributed by atoms with E-state index >= 15 is 0 Å². The van der Waals surface area contributed by atoms with Crippen LogP contribution in [0.2, 0.25) is 0 Å². The van der Waals surface area contributed by atoms with Gasteiger partial charge >= 0.3 is 5.97 Å². The molecule has 146 valence electrons. The summed E-state index contributed by atoms with van der Waals surface area (Å²) >= 11 is 4.51. The number of H-pyrrole nitrogens is 1. The topological polar surface area (TPSA) is 83.7 Å². The molecular weight excluding hydrogens is 384 g/mol. The van der Waals surface area contributed by atoms with Crippen LogP contribution in [0.1, 0.15) is 40.9 Å². The summed E-state index contributed by atoms with van der Waals surface area (Å²) < 4.78 is 7.18. The van der Waals surface area contributed by atoms with Crippen molar-refractivity contribution >= 4 is 40.7 Å². The van der Waals surface area contributed by atoms with E-state index in [1.54, 1.807) is 29.1 Å². The summed E-state index contributed by atoms with van der Waals surface area (Å²) in [6.07, 6.45) is 1.86. The van der Waals surface area contributed by atoms with E-state index in [1.165, 1.54) is 0 Å². The molecule has 1 N–H and O–H groups in total. The lowest BCUT2D eigenvalue weighted by atomic mass is 9.89. The lowest BCUT2D eigenvalue weighted by Gasteiger charge is -2.18. The number of imidazole rings is 1. The first-order valence-corrected chi connectivity index (χ1v) is 9.71. The van der Waals surface area contributed by atoms with Crippen LogP contribution < -0.4 is 0 Å². The third-order valence-electron chi connectivity index (χ3n) is 5.10. The van der Waals surface area contributed by atoms with Gasteiger partial charge in [-0.15, -0.1) is 0 Å². The number of thiol groups is 1. The fourth-order valence-electron chi connectivity index (χ4n) is 3.92. The third kappa shape index (κ3) is 3.15. The van der Waals surface area contributed by atoms with Gasteiger partial charge in [0.2, 0.25) is 0 Å². The van der Waals surface area contributed by atoms with E-state index < -0.39 is 5.92 Å². The van der Waals surface area contributed by atoms with Crippen molar-refractivity contribution in [3.8, 4) is 6.07 Å². The van der Waals surface area contributed by atoms with Gasteiger partial charge in [-0.05, 0) is 61.7 Å². The van der Waals surface area contributed by atoms with Crippen LogP contribution in [-0.4, -0.2) is 26.5 Å². The number of nitrogens with zero attached hydrogens (tertiary/aromatic N) is 3. The summed E-state index contributed by atoms with van der Waals surface area (Å²) in [5, 5.41) is 10.1. The summed E-state index contributed by atoms with van der Waals surface area (Å²) in [4.78, 5) is 21.0. The van der Waals surface area contributed by atoms with Gasteiger partial charge in [0, 0.05) is 11.6 Å². The molecule has 0 aliphatic rings. The van der Waals surface area contributed by atoms with Crippen molar-refractivity contribution in [2.24, 2.45) is 0 Å². The SMILES string of the molecule is CCOC(=O)C(c1nc2cc(C#N)ccc2[nH]1)c1c(C)cc(C)c2c1ccn2S. The Labute approximate surface area is 173 Å². The zero-order chi connectivity index (χ0) is 20.7. The highest BCUT2D eigenvalue weighted by atomic mass is 32.1. The van der Waals surface area contributed by atoms with Gasteiger partial charge < -0.3 is 9.72 Å². The number of ether oxygens (including phenoxy) is 1. The minimum absolute atomic E-state index is 0.274. The fraction of sp³-hybridized carbons (Fsp3) is 0.227. The van der Waals surface area contributed by atoms with Crippen LogP contribution >= 0.6 is 12.8 Å². The highest BCUT2D eigenvalue weighted by Crippen LogP contribution is 2.36. The summed E-state index contributed by atoms with van der Waals surface area (Å²) in [7, 11) is 0. The van der Waals surface area contributed by atoms with Gasteiger partial charge in [-0.2, -0.15) is 5.26 Å². The van der Waals surface area contributed by atoms with Gasteiger partial charge in [-0.25, -0.2) is 4.98 Å². The lowest BCUT2D eigenvalue weighted by Crippen LogP contribution is -2.20. The molecule has 0 spiro atoms. The number of nitriles is 1. The van der Waals surface area contributed by atoms with E-state index in [0.29, 0.717) is 16.9 Å². The van der Waals surface area contributed by atoms with Gasteiger partial charge in [-0.3, -0.25) is 8.77 Å². The van der Waals surface area contributed by atoms with E-state index in [2.05, 4.69) is 28.9 Å². The third-order valence-corrected chi connectivity index (χ3v) is 5.44. The number of benzene rings is 2. The Morgan fingerprint density at radius 1 is 1.31 bits per heavy atom. The smallest absolute Gasteiger partial charge is 0.321 e. The Kier molecular flexibility index (Phi) is 4.81. The molecule has 0 amide bonds. The number of fused-ring (bicyclic) bond motifs is 2. The van der Waals surface area contributed by atoms with E-state index in [9.17, 15) is 4.79 Å². The van der Waals surface area contributed by atoms with E-state index in [4.69, 9.17) is 10.00 Å². The number of hydrogen-bond acceptors (Lipinski definition) is 5. The number of rotatable bonds is 4. The minimum Gasteiger partial charge on any atom is -0.465 e. The first-order chi connectivity index (χ1) is 13.9. The van der Waals surface area contributed by atoms with Crippen molar-refractivity contribution in [2.45, 2.75) is 26.7 Å². The minimum atomic E-state index is -0.716. The summed E-state index contributed by atoms with van der Waals surface area (Å²) in [6.45, 7) is 6.07. The van der Waals surface area contributed by atoms with Crippen LogP contribution in [0.15, 0.2) is 36.5 Å². The Morgan fingerprint density at radius 3 is 2.83 bits per heavy atom. The van der Waals surface area contributed by atoms with E-state index in [-0.39, 0.29) is 12.6 Å². The lowest BCUT2D eigenvalue weighted by molar-refractivity contribution is -0.144. The zero-order valence-corrected chi connectivity index (χ0v) is 17.2. The largest absolute Gasteiger partial charge is 0.465 e. The second-order valence-corrected chi connectivity index (χ2v) is 7.43. The molecule has 6 nitrogen and oxygen atoms in total.